The molecule has 2 N–H and O–H groups in total. The second-order valence-corrected chi connectivity index (χ2v) is 7.81. The first-order valence-corrected chi connectivity index (χ1v) is 10.6. The minimum absolute atomic E-state index is 0. The van der Waals surface area contributed by atoms with E-state index >= 15 is 0 Å². The van der Waals surface area contributed by atoms with Crippen molar-refractivity contribution < 1.29 is 85.5 Å². The van der Waals surface area contributed by atoms with E-state index in [0.29, 0.717) is 0 Å². The molecule has 0 spiro atoms. The Labute approximate surface area is 240 Å². The van der Waals surface area contributed by atoms with Gasteiger partial charge in [0.25, 0.3) is 0 Å². The van der Waals surface area contributed by atoms with Crippen LogP contribution in [0.4, 0.5) is 35.1 Å². The Balaban J connectivity index is 0.000000321. The molecule has 2 radical (unpaired) electrons. The first-order valence-electron chi connectivity index (χ1n) is 10.6. The zero-order valence-electron chi connectivity index (χ0n) is 19.5. The first-order chi connectivity index (χ1) is 17.2. The van der Waals surface area contributed by atoms with Crippen molar-refractivity contribution in [3.63, 3.8) is 0 Å². The van der Waals surface area contributed by atoms with E-state index in [9.17, 15) is 35.1 Å². The van der Waals surface area contributed by atoms with E-state index in [0.717, 1.165) is 14.2 Å². The number of allylic oxidation sites excluding steroid dienone is 8. The Hall–Kier alpha value is -1.94. The van der Waals surface area contributed by atoms with Gasteiger partial charge in [-0.25, -0.2) is 35.1 Å². The quantitative estimate of drug-likeness (QED) is 0.141. The summed E-state index contributed by atoms with van der Waals surface area (Å²) in [6.45, 7) is 0. The van der Waals surface area contributed by atoms with E-state index in [1.807, 2.05) is 0 Å². The molecule has 0 unspecified atom stereocenters. The van der Waals surface area contributed by atoms with Gasteiger partial charge in [0.05, 0.1) is 0 Å². The van der Waals surface area contributed by atoms with Gasteiger partial charge in [-0.05, 0) is 0 Å². The van der Waals surface area contributed by atoms with E-state index < -0.39 is 70.2 Å². The van der Waals surface area contributed by atoms with Gasteiger partial charge < -0.3 is 10.2 Å². The molecule has 0 atom stereocenters. The molecule has 0 saturated carbocycles. The summed E-state index contributed by atoms with van der Waals surface area (Å²) in [5.74, 6) is -14.0. The molecule has 4 bridgehead atoms. The predicted molar refractivity (Wildman–Crippen MR) is 116 cm³/mol. The van der Waals surface area contributed by atoms with Gasteiger partial charge >= 0.3 is 0 Å². The van der Waals surface area contributed by atoms with Crippen LogP contribution in [0.25, 0.3) is 0 Å². The van der Waals surface area contributed by atoms with E-state index in [-0.39, 0.29) is 62.5 Å². The third-order valence-electron chi connectivity index (χ3n) is 6.12. The van der Waals surface area contributed by atoms with Crippen molar-refractivity contribution in [2.45, 2.75) is 23.7 Å². The summed E-state index contributed by atoms with van der Waals surface area (Å²) in [6, 6.07) is 0. The van der Waals surface area contributed by atoms with E-state index in [1.54, 1.807) is 48.6 Å². The van der Waals surface area contributed by atoms with Crippen molar-refractivity contribution in [3.05, 3.63) is 117 Å². The summed E-state index contributed by atoms with van der Waals surface area (Å²) in [5.41, 5.74) is -0.310. The number of hydrogen-bond donors (Lipinski definition) is 2. The molecule has 12 heteroatoms. The summed E-state index contributed by atoms with van der Waals surface area (Å²) in [7, 11) is 2.00. The Morgan fingerprint density at radius 2 is 0.474 bits per heavy atom. The van der Waals surface area contributed by atoms with Gasteiger partial charge in [-0.2, -0.15) is 0 Å². The molecule has 2 nitrogen and oxygen atoms in total. The Morgan fingerprint density at radius 1 is 0.342 bits per heavy atom. The normalized spacial score (nSPS) is 21.4. The minimum atomic E-state index is -1.73. The molecule has 2 aromatic rings. The summed E-state index contributed by atoms with van der Waals surface area (Å²) in [5, 5.41) is 14.0. The molecule has 2 aromatic carbocycles. The summed E-state index contributed by atoms with van der Waals surface area (Å²) >= 11 is 0. The zero-order chi connectivity index (χ0) is 26.9. The maximum absolute atomic E-state index is 13.5. The SMILES string of the molecule is CO.CO.Fc1c(F)c(F)c2c(c1F)C1C=CC2C=C1.Fc1c(F)c(F)c2c(c1F)C1C=CC2C=C1.[Ir].[Ir]. The van der Waals surface area contributed by atoms with Crippen LogP contribution >= 0.6 is 0 Å². The molecule has 0 saturated heterocycles. The summed E-state index contributed by atoms with van der Waals surface area (Å²) < 4.78 is 106. The van der Waals surface area contributed by atoms with Gasteiger partial charge in [0.2, 0.25) is 0 Å². The van der Waals surface area contributed by atoms with Crippen LogP contribution in [-0.4, -0.2) is 24.4 Å². The fourth-order valence-electron chi connectivity index (χ4n) is 4.62. The maximum atomic E-state index is 13.5. The van der Waals surface area contributed by atoms with Crippen LogP contribution < -0.4 is 0 Å². The third kappa shape index (κ3) is 5.53. The third-order valence-corrected chi connectivity index (χ3v) is 6.12. The number of aliphatic hydroxyl groups is 2. The van der Waals surface area contributed by atoms with Gasteiger partial charge in [0, 0.05) is 100 Å². The number of halogens is 8. The molecule has 210 valence electrons. The zero-order valence-corrected chi connectivity index (χ0v) is 24.3. The Morgan fingerprint density at radius 3 is 0.605 bits per heavy atom. The van der Waals surface area contributed by atoms with Crippen LogP contribution in [0, 0.1) is 46.5 Å². The van der Waals surface area contributed by atoms with Crippen molar-refractivity contribution >= 4 is 0 Å². The number of hydrogen-bond acceptors (Lipinski definition) is 2. The monoisotopic (exact) mass is 902 g/mol. The van der Waals surface area contributed by atoms with Crippen LogP contribution in [0.3, 0.4) is 0 Å². The van der Waals surface area contributed by atoms with Crippen molar-refractivity contribution in [3.8, 4) is 0 Å². The second-order valence-electron chi connectivity index (χ2n) is 7.81. The number of benzene rings is 2. The van der Waals surface area contributed by atoms with Gasteiger partial charge in [-0.15, -0.1) is 0 Å². The molecule has 38 heavy (non-hydrogen) atoms. The van der Waals surface area contributed by atoms with Crippen molar-refractivity contribution in [1.82, 2.24) is 0 Å². The van der Waals surface area contributed by atoms with Crippen LogP contribution in [0.15, 0.2) is 48.6 Å². The molecule has 0 aliphatic heterocycles. The Bertz CT molecular complexity index is 1090. The average Bonchev–Trinajstić information content (AvgIpc) is 2.95. The van der Waals surface area contributed by atoms with Gasteiger partial charge in [0.1, 0.15) is 0 Å². The molecule has 0 fully saturated rings. The van der Waals surface area contributed by atoms with Gasteiger partial charge in [-0.3, -0.25) is 0 Å². The van der Waals surface area contributed by atoms with E-state index in [4.69, 9.17) is 10.2 Å². The number of rotatable bonds is 0. The molecule has 0 heterocycles. The standard InChI is InChI=1S/2C12H6F4.2CH4O.2Ir/c2*13-9-7-5-1-2-6(4-3-5)8(7)10(14)12(16)11(9)15;2*1-2;;/h2*1-6H;2*2H,1H3;;. The molecular formula is C26H20F8Ir2O2. The second kappa shape index (κ2) is 13.9. The van der Waals surface area contributed by atoms with Crippen molar-refractivity contribution in [2.24, 2.45) is 0 Å². The van der Waals surface area contributed by atoms with Crippen LogP contribution in [0.1, 0.15) is 45.9 Å². The molecule has 8 rings (SSSR count). The van der Waals surface area contributed by atoms with Crippen molar-refractivity contribution in [2.75, 3.05) is 14.2 Å². The smallest absolute Gasteiger partial charge is 0.197 e. The fourth-order valence-corrected chi connectivity index (χ4v) is 4.62. The molecule has 0 aromatic heterocycles. The van der Waals surface area contributed by atoms with Crippen LogP contribution in [0.2, 0.25) is 0 Å². The first kappa shape index (κ1) is 34.1. The molecule has 6 aliphatic carbocycles. The summed E-state index contributed by atoms with van der Waals surface area (Å²) in [4.78, 5) is 0. The maximum Gasteiger partial charge on any atom is 0.197 e. The van der Waals surface area contributed by atoms with Gasteiger partial charge in [-0.1, -0.05) is 48.6 Å². The average molecular weight is 901 g/mol. The van der Waals surface area contributed by atoms with Crippen molar-refractivity contribution in [1.29, 1.82) is 0 Å². The Kier molecular flexibility index (Phi) is 12.5. The van der Waals surface area contributed by atoms with E-state index in [1.165, 1.54) is 0 Å². The largest absolute Gasteiger partial charge is 0.400 e. The fraction of sp³-hybridized carbons (Fsp3) is 0.231. The van der Waals surface area contributed by atoms with Crippen LogP contribution in [0.5, 0.6) is 0 Å². The topological polar surface area (TPSA) is 40.5 Å². The summed E-state index contributed by atoms with van der Waals surface area (Å²) in [6.07, 6.45) is 13.3. The molecular weight excluding hydrogens is 881 g/mol. The van der Waals surface area contributed by atoms with E-state index in [2.05, 4.69) is 0 Å². The minimum Gasteiger partial charge on any atom is -0.400 e. The predicted octanol–water partition coefficient (Wildman–Crippen LogP) is 6.31. The van der Waals surface area contributed by atoms with Gasteiger partial charge in [0.15, 0.2) is 46.5 Å². The van der Waals surface area contributed by atoms with Crippen LogP contribution in [-0.2, 0) is 40.2 Å². The molecule has 6 aliphatic rings. The number of aliphatic hydroxyl groups excluding tert-OH is 2. The molecule has 0 amide bonds.